The molecular formula is C13H12BrN3O3S. The van der Waals surface area contributed by atoms with E-state index in [0.29, 0.717) is 15.8 Å². The van der Waals surface area contributed by atoms with E-state index < -0.39 is 15.9 Å². The number of benzene rings is 1. The lowest BCUT2D eigenvalue weighted by Crippen LogP contribution is -2.17. The van der Waals surface area contributed by atoms with Gasteiger partial charge >= 0.3 is 0 Å². The lowest BCUT2D eigenvalue weighted by Gasteiger charge is -2.12. The van der Waals surface area contributed by atoms with Crippen molar-refractivity contribution in [3.63, 3.8) is 0 Å². The molecule has 0 aliphatic rings. The highest BCUT2D eigenvalue weighted by Crippen LogP contribution is 2.23. The van der Waals surface area contributed by atoms with Gasteiger partial charge in [-0.2, -0.15) is 0 Å². The topological polar surface area (TPSA) is 88.2 Å². The number of pyridine rings is 1. The van der Waals surface area contributed by atoms with Crippen LogP contribution in [-0.2, 0) is 10.0 Å². The molecule has 0 radical (unpaired) electrons. The monoisotopic (exact) mass is 369 g/mol. The molecule has 0 bridgehead atoms. The Morgan fingerprint density at radius 1 is 1.14 bits per heavy atom. The average molecular weight is 370 g/mol. The molecule has 0 spiro atoms. The van der Waals surface area contributed by atoms with Crippen molar-refractivity contribution in [3.05, 3.63) is 52.8 Å². The van der Waals surface area contributed by atoms with Crippen LogP contribution < -0.4 is 10.0 Å². The van der Waals surface area contributed by atoms with Gasteiger partial charge in [-0.15, -0.1) is 0 Å². The van der Waals surface area contributed by atoms with Crippen LogP contribution in [0.3, 0.4) is 0 Å². The van der Waals surface area contributed by atoms with E-state index in [4.69, 9.17) is 0 Å². The second-order valence-corrected chi connectivity index (χ2v) is 6.81. The predicted octanol–water partition coefficient (Wildman–Crippen LogP) is 2.47. The fourth-order valence-corrected chi connectivity index (χ4v) is 2.63. The van der Waals surface area contributed by atoms with Crippen LogP contribution in [0.25, 0.3) is 0 Å². The average Bonchev–Trinajstić information content (AvgIpc) is 2.40. The highest BCUT2D eigenvalue weighted by Gasteiger charge is 2.14. The quantitative estimate of drug-likeness (QED) is 0.866. The molecule has 2 rings (SSSR count). The van der Waals surface area contributed by atoms with Gasteiger partial charge in [0.1, 0.15) is 5.69 Å². The minimum Gasteiger partial charge on any atom is -0.319 e. The molecule has 1 amide bonds. The summed E-state index contributed by atoms with van der Waals surface area (Å²) in [6.07, 6.45) is 2.54. The number of amides is 1. The van der Waals surface area contributed by atoms with Crippen molar-refractivity contribution in [2.45, 2.75) is 0 Å². The molecule has 0 unspecified atom stereocenters. The van der Waals surface area contributed by atoms with Gasteiger partial charge in [0.25, 0.3) is 5.91 Å². The molecule has 21 heavy (non-hydrogen) atoms. The Hall–Kier alpha value is -1.93. The van der Waals surface area contributed by atoms with Gasteiger partial charge in [-0.1, -0.05) is 12.1 Å². The second kappa shape index (κ2) is 6.23. The molecule has 0 aliphatic heterocycles. The Morgan fingerprint density at radius 3 is 2.43 bits per heavy atom. The first-order valence-electron chi connectivity index (χ1n) is 5.85. The summed E-state index contributed by atoms with van der Waals surface area (Å²) in [6, 6.07) is 9.91. The van der Waals surface area contributed by atoms with Crippen molar-refractivity contribution >= 4 is 43.2 Å². The van der Waals surface area contributed by atoms with Gasteiger partial charge in [-0.3, -0.25) is 9.52 Å². The predicted molar refractivity (Wildman–Crippen MR) is 84.8 cm³/mol. The van der Waals surface area contributed by atoms with Gasteiger partial charge in [0.05, 0.1) is 17.6 Å². The number of halogens is 1. The maximum Gasteiger partial charge on any atom is 0.275 e. The summed E-state index contributed by atoms with van der Waals surface area (Å²) in [7, 11) is -3.43. The van der Waals surface area contributed by atoms with Crippen LogP contribution in [0.5, 0.6) is 0 Å². The summed E-state index contributed by atoms with van der Waals surface area (Å²) < 4.78 is 25.5. The molecule has 1 heterocycles. The molecule has 0 saturated carbocycles. The minimum atomic E-state index is -3.43. The SMILES string of the molecule is CS(=O)(=O)Nc1ccccc1NC(=O)c1ncccc1Br. The van der Waals surface area contributed by atoms with Crippen molar-refractivity contribution in [1.82, 2.24) is 4.98 Å². The van der Waals surface area contributed by atoms with Gasteiger partial charge in [0, 0.05) is 10.7 Å². The van der Waals surface area contributed by atoms with Crippen molar-refractivity contribution in [2.24, 2.45) is 0 Å². The highest BCUT2D eigenvalue weighted by atomic mass is 79.9. The van der Waals surface area contributed by atoms with E-state index in [1.165, 1.54) is 6.20 Å². The molecule has 0 atom stereocenters. The normalized spacial score (nSPS) is 11.0. The van der Waals surface area contributed by atoms with E-state index in [0.717, 1.165) is 6.26 Å². The lowest BCUT2D eigenvalue weighted by atomic mass is 10.2. The van der Waals surface area contributed by atoms with Crippen LogP contribution in [0.1, 0.15) is 10.5 Å². The molecule has 0 fully saturated rings. The van der Waals surface area contributed by atoms with E-state index in [1.807, 2.05) is 0 Å². The molecule has 8 heteroatoms. The number of para-hydroxylation sites is 2. The number of hydrogen-bond acceptors (Lipinski definition) is 4. The summed E-state index contributed by atoms with van der Waals surface area (Å²) in [4.78, 5) is 16.2. The van der Waals surface area contributed by atoms with Gasteiger partial charge in [-0.05, 0) is 40.2 Å². The number of nitrogens with zero attached hydrogens (tertiary/aromatic N) is 1. The van der Waals surface area contributed by atoms with E-state index in [2.05, 4.69) is 31.0 Å². The Kier molecular flexibility index (Phi) is 4.59. The van der Waals surface area contributed by atoms with Crippen molar-refractivity contribution < 1.29 is 13.2 Å². The van der Waals surface area contributed by atoms with Crippen LogP contribution in [0.15, 0.2) is 47.1 Å². The molecule has 1 aromatic heterocycles. The number of carbonyl (C=O) groups is 1. The maximum atomic E-state index is 12.2. The van der Waals surface area contributed by atoms with Gasteiger partial charge in [0.2, 0.25) is 10.0 Å². The van der Waals surface area contributed by atoms with E-state index in [1.54, 1.807) is 36.4 Å². The summed E-state index contributed by atoms with van der Waals surface area (Å²) in [5.41, 5.74) is 0.859. The van der Waals surface area contributed by atoms with Crippen molar-refractivity contribution in [3.8, 4) is 0 Å². The maximum absolute atomic E-state index is 12.2. The van der Waals surface area contributed by atoms with E-state index in [9.17, 15) is 13.2 Å². The molecule has 110 valence electrons. The number of nitrogens with one attached hydrogen (secondary N) is 2. The summed E-state index contributed by atoms with van der Waals surface area (Å²) in [5.74, 6) is -0.440. The Balaban J connectivity index is 2.28. The molecule has 2 aromatic rings. The molecule has 0 aliphatic carbocycles. The molecule has 6 nitrogen and oxygen atoms in total. The third-order valence-corrected chi connectivity index (χ3v) is 3.67. The fraction of sp³-hybridized carbons (Fsp3) is 0.0769. The molecule has 1 aromatic carbocycles. The number of carbonyl (C=O) groups excluding carboxylic acids is 1. The van der Waals surface area contributed by atoms with Crippen LogP contribution in [0.4, 0.5) is 11.4 Å². The Labute approximate surface area is 130 Å². The van der Waals surface area contributed by atoms with Crippen LogP contribution in [-0.4, -0.2) is 25.6 Å². The Morgan fingerprint density at radius 2 is 1.81 bits per heavy atom. The van der Waals surface area contributed by atoms with Gasteiger partial charge in [0.15, 0.2) is 0 Å². The number of anilines is 2. The number of sulfonamides is 1. The minimum absolute atomic E-state index is 0.214. The standard InChI is InChI=1S/C13H12BrN3O3S/c1-21(19,20)17-11-7-3-2-6-10(11)16-13(18)12-9(14)5-4-8-15-12/h2-8,17H,1H3,(H,16,18). The number of hydrogen-bond donors (Lipinski definition) is 2. The first-order valence-corrected chi connectivity index (χ1v) is 8.54. The first-order chi connectivity index (χ1) is 9.87. The highest BCUT2D eigenvalue weighted by molar-refractivity contribution is 9.10. The Bertz CT molecular complexity index is 778. The molecular weight excluding hydrogens is 358 g/mol. The third-order valence-electron chi connectivity index (χ3n) is 2.44. The molecule has 0 saturated heterocycles. The molecule has 2 N–H and O–H groups in total. The smallest absolute Gasteiger partial charge is 0.275 e. The second-order valence-electron chi connectivity index (χ2n) is 4.21. The summed E-state index contributed by atoms with van der Waals surface area (Å²) in [6.45, 7) is 0. The van der Waals surface area contributed by atoms with E-state index >= 15 is 0 Å². The lowest BCUT2D eigenvalue weighted by molar-refractivity contribution is 0.102. The van der Waals surface area contributed by atoms with Crippen LogP contribution in [0, 0.1) is 0 Å². The zero-order valence-electron chi connectivity index (χ0n) is 11.0. The number of aromatic nitrogens is 1. The number of rotatable bonds is 4. The summed E-state index contributed by atoms with van der Waals surface area (Å²) >= 11 is 3.24. The van der Waals surface area contributed by atoms with Crippen LogP contribution in [0.2, 0.25) is 0 Å². The zero-order valence-corrected chi connectivity index (χ0v) is 13.4. The van der Waals surface area contributed by atoms with Crippen LogP contribution >= 0.6 is 15.9 Å². The fourth-order valence-electron chi connectivity index (χ4n) is 1.62. The summed E-state index contributed by atoms with van der Waals surface area (Å²) in [5, 5.41) is 2.63. The van der Waals surface area contributed by atoms with E-state index in [-0.39, 0.29) is 5.69 Å². The van der Waals surface area contributed by atoms with Gasteiger partial charge in [-0.25, -0.2) is 13.4 Å². The third kappa shape index (κ3) is 4.27. The largest absolute Gasteiger partial charge is 0.319 e. The first kappa shape index (κ1) is 15.5. The van der Waals surface area contributed by atoms with Gasteiger partial charge < -0.3 is 5.32 Å². The zero-order chi connectivity index (χ0) is 15.5. The van der Waals surface area contributed by atoms with Crippen molar-refractivity contribution in [1.29, 1.82) is 0 Å². The van der Waals surface area contributed by atoms with Crippen molar-refractivity contribution in [2.75, 3.05) is 16.3 Å².